The molecule has 1 fully saturated rings. The summed E-state index contributed by atoms with van der Waals surface area (Å²) < 4.78 is 31.2. The van der Waals surface area contributed by atoms with Gasteiger partial charge in [-0.3, -0.25) is 14.2 Å². The summed E-state index contributed by atoms with van der Waals surface area (Å²) in [6, 6.07) is 15.2. The van der Waals surface area contributed by atoms with E-state index in [0.29, 0.717) is 28.9 Å². The average molecular weight is 482 g/mol. The zero-order valence-corrected chi connectivity index (χ0v) is 19.1. The van der Waals surface area contributed by atoms with E-state index in [-0.39, 0.29) is 27.5 Å². The van der Waals surface area contributed by atoms with Crippen LogP contribution < -0.4 is 19.5 Å². The molecule has 3 aromatic rings. The van der Waals surface area contributed by atoms with Gasteiger partial charge in [0.2, 0.25) is 0 Å². The minimum absolute atomic E-state index is 0.00708. The summed E-state index contributed by atoms with van der Waals surface area (Å²) in [7, 11) is 0. The highest BCUT2D eigenvalue weighted by Gasteiger charge is 2.24. The standard InChI is InChI=1S/C25H21F2N3O3S/c1-16-6-2-3-7-20(16)30-23(32)21(14-17-8-10-18(11-9-17)33-25(26)27)34-24(30)19(15-28)22(31)29-12-4-5-13-29/h2-3,6-11,14,25H,4-5,12-13H2,1H3/b21-14-,24-19-. The molecular weight excluding hydrogens is 460 g/mol. The number of aromatic nitrogens is 1. The van der Waals surface area contributed by atoms with Crippen LogP contribution in [0.25, 0.3) is 17.3 Å². The highest BCUT2D eigenvalue weighted by atomic mass is 32.1. The SMILES string of the molecule is Cc1ccccc1-n1c(=O)/c(=C/c2ccc(OC(F)F)cc2)s/c1=C(/C#N)C(=O)N1CCCC1. The molecule has 1 saturated heterocycles. The van der Waals surface area contributed by atoms with E-state index < -0.39 is 6.61 Å². The predicted molar refractivity (Wildman–Crippen MR) is 125 cm³/mol. The van der Waals surface area contributed by atoms with E-state index >= 15 is 0 Å². The molecule has 0 radical (unpaired) electrons. The maximum absolute atomic E-state index is 13.5. The Morgan fingerprint density at radius 2 is 1.82 bits per heavy atom. The molecule has 0 saturated carbocycles. The van der Waals surface area contributed by atoms with Crippen LogP contribution in [-0.2, 0) is 4.79 Å². The number of para-hydroxylation sites is 1. The number of benzene rings is 2. The van der Waals surface area contributed by atoms with Crippen LogP contribution in [0.1, 0.15) is 24.0 Å². The number of carbonyl (C=O) groups excluding carboxylic acids is 1. The predicted octanol–water partition coefficient (Wildman–Crippen LogP) is 2.93. The van der Waals surface area contributed by atoms with Crippen molar-refractivity contribution < 1.29 is 18.3 Å². The first-order chi connectivity index (χ1) is 16.4. The van der Waals surface area contributed by atoms with Gasteiger partial charge in [0.1, 0.15) is 16.5 Å². The minimum Gasteiger partial charge on any atom is -0.435 e. The molecule has 0 bridgehead atoms. The fourth-order valence-corrected chi connectivity index (χ4v) is 4.93. The second-order valence-corrected chi connectivity index (χ2v) is 8.81. The summed E-state index contributed by atoms with van der Waals surface area (Å²) in [6.07, 6.45) is 3.36. The zero-order chi connectivity index (χ0) is 24.2. The Morgan fingerprint density at radius 3 is 2.44 bits per heavy atom. The molecule has 2 heterocycles. The number of nitriles is 1. The number of carbonyl (C=O) groups is 1. The monoisotopic (exact) mass is 481 g/mol. The summed E-state index contributed by atoms with van der Waals surface area (Å²) in [4.78, 5) is 28.3. The fraction of sp³-hybridized carbons (Fsp3) is 0.240. The number of nitrogens with zero attached hydrogens (tertiary/aromatic N) is 3. The van der Waals surface area contributed by atoms with Gasteiger partial charge in [-0.2, -0.15) is 14.0 Å². The highest BCUT2D eigenvalue weighted by Crippen LogP contribution is 2.16. The first kappa shape index (κ1) is 23.4. The number of hydrogen-bond donors (Lipinski definition) is 0. The third-order valence-corrected chi connectivity index (χ3v) is 6.61. The summed E-state index contributed by atoms with van der Waals surface area (Å²) in [5, 5.41) is 9.91. The number of halogens is 2. The van der Waals surface area contributed by atoms with E-state index in [0.717, 1.165) is 29.7 Å². The van der Waals surface area contributed by atoms with Crippen molar-refractivity contribution in [2.24, 2.45) is 0 Å². The van der Waals surface area contributed by atoms with E-state index in [1.165, 1.54) is 16.7 Å². The van der Waals surface area contributed by atoms with Crippen molar-refractivity contribution in [2.45, 2.75) is 26.4 Å². The van der Waals surface area contributed by atoms with E-state index in [2.05, 4.69) is 4.74 Å². The van der Waals surface area contributed by atoms with Crippen LogP contribution in [0, 0.1) is 18.3 Å². The Hall–Kier alpha value is -3.77. The number of rotatable bonds is 5. The summed E-state index contributed by atoms with van der Waals surface area (Å²) in [5.41, 5.74) is 1.54. The van der Waals surface area contributed by atoms with Gasteiger partial charge in [-0.1, -0.05) is 30.3 Å². The van der Waals surface area contributed by atoms with Crippen LogP contribution in [-0.4, -0.2) is 35.1 Å². The van der Waals surface area contributed by atoms with Crippen molar-refractivity contribution in [1.82, 2.24) is 9.47 Å². The number of hydrogen-bond acceptors (Lipinski definition) is 5. The smallest absolute Gasteiger partial charge is 0.387 e. The molecule has 9 heteroatoms. The summed E-state index contributed by atoms with van der Waals surface area (Å²) in [5.74, 6) is -0.378. The molecule has 1 amide bonds. The number of aryl methyl sites for hydroxylation is 1. The largest absolute Gasteiger partial charge is 0.435 e. The highest BCUT2D eigenvalue weighted by molar-refractivity contribution is 7.07. The Morgan fingerprint density at radius 1 is 1.15 bits per heavy atom. The Bertz CT molecular complexity index is 1430. The van der Waals surface area contributed by atoms with E-state index in [1.807, 2.05) is 25.1 Å². The molecule has 1 aromatic heterocycles. The molecular formula is C25H21F2N3O3S. The lowest BCUT2D eigenvalue weighted by Gasteiger charge is -2.14. The van der Waals surface area contributed by atoms with E-state index in [1.54, 1.807) is 35.2 Å². The quantitative estimate of drug-likeness (QED) is 0.562. The second kappa shape index (κ2) is 10.0. The fourth-order valence-electron chi connectivity index (χ4n) is 3.85. The lowest BCUT2D eigenvalue weighted by Crippen LogP contribution is -2.35. The molecule has 174 valence electrons. The first-order valence-electron chi connectivity index (χ1n) is 10.7. The molecule has 0 spiro atoms. The molecule has 0 atom stereocenters. The molecule has 34 heavy (non-hydrogen) atoms. The molecule has 0 aliphatic carbocycles. The number of ether oxygens (including phenoxy) is 1. The van der Waals surface area contributed by atoms with Crippen LogP contribution >= 0.6 is 11.3 Å². The first-order valence-corrected chi connectivity index (χ1v) is 11.5. The number of amides is 1. The molecule has 0 unspecified atom stereocenters. The topological polar surface area (TPSA) is 75.3 Å². The van der Waals surface area contributed by atoms with Gasteiger partial charge in [-0.15, -0.1) is 11.3 Å². The Labute approximate surface area is 198 Å². The summed E-state index contributed by atoms with van der Waals surface area (Å²) in [6.45, 7) is 0.0818. The van der Waals surface area contributed by atoms with E-state index in [4.69, 9.17) is 0 Å². The molecule has 6 nitrogen and oxygen atoms in total. The van der Waals surface area contributed by atoms with Gasteiger partial charge in [0.15, 0.2) is 5.57 Å². The molecule has 2 aromatic carbocycles. The average Bonchev–Trinajstić information content (AvgIpc) is 3.45. The molecule has 1 aliphatic rings. The van der Waals surface area contributed by atoms with Gasteiger partial charge in [0.25, 0.3) is 11.5 Å². The van der Waals surface area contributed by atoms with Gasteiger partial charge < -0.3 is 9.64 Å². The molecule has 4 rings (SSSR count). The van der Waals surface area contributed by atoms with Crippen molar-refractivity contribution in [1.29, 1.82) is 5.26 Å². The van der Waals surface area contributed by atoms with Gasteiger partial charge in [-0.05, 0) is 55.2 Å². The number of likely N-dealkylation sites (tertiary alicyclic amines) is 1. The lowest BCUT2D eigenvalue weighted by atomic mass is 10.2. The Balaban J connectivity index is 1.93. The van der Waals surface area contributed by atoms with Crippen LogP contribution in [0.2, 0.25) is 0 Å². The van der Waals surface area contributed by atoms with Crippen molar-refractivity contribution in [3.05, 3.63) is 79.2 Å². The van der Waals surface area contributed by atoms with Crippen molar-refractivity contribution in [3.63, 3.8) is 0 Å². The van der Waals surface area contributed by atoms with Crippen LogP contribution in [0.3, 0.4) is 0 Å². The van der Waals surface area contributed by atoms with Crippen LogP contribution in [0.4, 0.5) is 8.78 Å². The van der Waals surface area contributed by atoms with Crippen molar-refractivity contribution in [2.75, 3.05) is 13.1 Å². The van der Waals surface area contributed by atoms with Gasteiger partial charge in [0, 0.05) is 13.1 Å². The third kappa shape index (κ3) is 4.77. The van der Waals surface area contributed by atoms with Crippen LogP contribution in [0.5, 0.6) is 5.75 Å². The van der Waals surface area contributed by atoms with Gasteiger partial charge >= 0.3 is 6.61 Å². The minimum atomic E-state index is -2.93. The number of thiazole rings is 1. The number of alkyl halides is 2. The summed E-state index contributed by atoms with van der Waals surface area (Å²) >= 11 is 1.06. The van der Waals surface area contributed by atoms with E-state index in [9.17, 15) is 23.6 Å². The maximum atomic E-state index is 13.5. The van der Waals surface area contributed by atoms with Crippen molar-refractivity contribution in [3.8, 4) is 17.5 Å². The molecule has 0 N–H and O–H groups in total. The van der Waals surface area contributed by atoms with Gasteiger partial charge in [-0.25, -0.2) is 0 Å². The maximum Gasteiger partial charge on any atom is 0.387 e. The third-order valence-electron chi connectivity index (χ3n) is 5.52. The second-order valence-electron chi connectivity index (χ2n) is 7.78. The van der Waals surface area contributed by atoms with Crippen LogP contribution in [0.15, 0.2) is 53.3 Å². The normalized spacial score (nSPS) is 14.9. The van der Waals surface area contributed by atoms with Gasteiger partial charge in [0.05, 0.1) is 10.2 Å². The lowest BCUT2D eigenvalue weighted by molar-refractivity contribution is -0.123. The molecule has 1 aliphatic heterocycles. The zero-order valence-electron chi connectivity index (χ0n) is 18.3. The Kier molecular flexibility index (Phi) is 6.89. The van der Waals surface area contributed by atoms with Crippen molar-refractivity contribution >= 4 is 28.9 Å².